The molecule has 0 aliphatic heterocycles. The fraction of sp³-hybridized carbons (Fsp3) is 0.143. The lowest BCUT2D eigenvalue weighted by Crippen LogP contribution is -2.20. The van der Waals surface area contributed by atoms with E-state index in [9.17, 15) is 13.2 Å². The number of benzene rings is 2. The highest BCUT2D eigenvalue weighted by molar-refractivity contribution is 9.10. The first-order valence-electron chi connectivity index (χ1n) is 5.60. The van der Waals surface area contributed by atoms with Crippen molar-refractivity contribution in [2.24, 2.45) is 0 Å². The molecule has 0 aliphatic rings. The zero-order valence-electron chi connectivity index (χ0n) is 10.1. The lowest BCUT2D eigenvalue weighted by atomic mass is 9.98. The summed E-state index contributed by atoms with van der Waals surface area (Å²) < 4.78 is 40.8. The summed E-state index contributed by atoms with van der Waals surface area (Å²) in [7, 11) is 1.60. The maximum absolute atomic E-state index is 13.8. The molecule has 1 nitrogen and oxygen atoms in total. The van der Waals surface area contributed by atoms with E-state index in [1.54, 1.807) is 13.1 Å². The Morgan fingerprint density at radius 1 is 1.00 bits per heavy atom. The first-order valence-corrected chi connectivity index (χ1v) is 6.40. The van der Waals surface area contributed by atoms with Gasteiger partial charge in [0.2, 0.25) is 0 Å². The summed E-state index contributed by atoms with van der Waals surface area (Å²) >= 11 is 3.13. The minimum absolute atomic E-state index is 0.133. The van der Waals surface area contributed by atoms with E-state index in [1.807, 2.05) is 0 Å². The summed E-state index contributed by atoms with van der Waals surface area (Å²) in [6, 6.07) is 7.04. The third kappa shape index (κ3) is 2.82. The standard InChI is InChI=1S/C14H11BrF3N/c1-19-14(9-3-2-4-12(18)13(9)15)10-7-8(16)5-6-11(10)17/h2-7,14,19H,1H3. The van der Waals surface area contributed by atoms with Gasteiger partial charge in [0.25, 0.3) is 0 Å². The van der Waals surface area contributed by atoms with Crippen molar-refractivity contribution in [1.82, 2.24) is 5.32 Å². The van der Waals surface area contributed by atoms with Gasteiger partial charge in [0, 0.05) is 5.56 Å². The molecule has 1 N–H and O–H groups in total. The maximum atomic E-state index is 13.8. The number of halogens is 4. The molecule has 0 aromatic heterocycles. The van der Waals surface area contributed by atoms with Crippen molar-refractivity contribution in [2.45, 2.75) is 6.04 Å². The van der Waals surface area contributed by atoms with Gasteiger partial charge in [0.1, 0.15) is 17.5 Å². The zero-order valence-corrected chi connectivity index (χ0v) is 11.6. The molecule has 0 fully saturated rings. The van der Waals surface area contributed by atoms with Gasteiger partial charge in [-0.15, -0.1) is 0 Å². The normalized spacial score (nSPS) is 12.5. The van der Waals surface area contributed by atoms with Crippen molar-refractivity contribution in [2.75, 3.05) is 7.05 Å². The van der Waals surface area contributed by atoms with Crippen molar-refractivity contribution in [1.29, 1.82) is 0 Å². The van der Waals surface area contributed by atoms with E-state index < -0.39 is 23.5 Å². The van der Waals surface area contributed by atoms with Crippen LogP contribution in [-0.2, 0) is 0 Å². The molecule has 0 heterocycles. The van der Waals surface area contributed by atoms with E-state index in [2.05, 4.69) is 21.2 Å². The van der Waals surface area contributed by atoms with Crippen LogP contribution in [0.3, 0.4) is 0 Å². The van der Waals surface area contributed by atoms with Crippen LogP contribution in [0.4, 0.5) is 13.2 Å². The largest absolute Gasteiger partial charge is 0.309 e. The summed E-state index contributed by atoms with van der Waals surface area (Å²) in [6.45, 7) is 0. The van der Waals surface area contributed by atoms with Gasteiger partial charge in [-0.3, -0.25) is 0 Å². The Kier molecular flexibility index (Phi) is 4.27. The Morgan fingerprint density at radius 3 is 2.42 bits per heavy atom. The van der Waals surface area contributed by atoms with E-state index in [0.29, 0.717) is 5.56 Å². The van der Waals surface area contributed by atoms with E-state index >= 15 is 0 Å². The summed E-state index contributed by atoms with van der Waals surface area (Å²) in [6.07, 6.45) is 0. The second-order valence-corrected chi connectivity index (χ2v) is 4.82. The average molecular weight is 330 g/mol. The zero-order chi connectivity index (χ0) is 14.0. The fourth-order valence-corrected chi connectivity index (χ4v) is 2.45. The lowest BCUT2D eigenvalue weighted by molar-refractivity contribution is 0.553. The molecule has 0 saturated heterocycles. The quantitative estimate of drug-likeness (QED) is 0.890. The molecule has 1 atom stereocenters. The van der Waals surface area contributed by atoms with Crippen molar-refractivity contribution in [3.63, 3.8) is 0 Å². The van der Waals surface area contributed by atoms with Crippen LogP contribution in [0.5, 0.6) is 0 Å². The molecule has 100 valence electrons. The van der Waals surface area contributed by atoms with Crippen LogP contribution in [0, 0.1) is 17.5 Å². The molecular formula is C14H11BrF3N. The Labute approximate surface area is 117 Å². The van der Waals surface area contributed by atoms with Gasteiger partial charge < -0.3 is 5.32 Å². The highest BCUT2D eigenvalue weighted by Gasteiger charge is 2.20. The average Bonchev–Trinajstić information content (AvgIpc) is 2.39. The number of rotatable bonds is 3. The SMILES string of the molecule is CNC(c1cc(F)ccc1F)c1cccc(F)c1Br. The fourth-order valence-electron chi connectivity index (χ4n) is 1.96. The van der Waals surface area contributed by atoms with Crippen LogP contribution in [-0.4, -0.2) is 7.05 Å². The van der Waals surface area contributed by atoms with Crippen molar-refractivity contribution in [3.05, 3.63) is 69.4 Å². The molecule has 0 saturated carbocycles. The summed E-state index contributed by atoms with van der Waals surface area (Å²) in [5.41, 5.74) is 0.640. The van der Waals surface area contributed by atoms with Gasteiger partial charge in [-0.2, -0.15) is 0 Å². The van der Waals surface area contributed by atoms with Gasteiger partial charge in [-0.1, -0.05) is 12.1 Å². The van der Waals surface area contributed by atoms with Crippen molar-refractivity contribution >= 4 is 15.9 Å². The highest BCUT2D eigenvalue weighted by Crippen LogP contribution is 2.31. The van der Waals surface area contributed by atoms with Crippen LogP contribution in [0.15, 0.2) is 40.9 Å². The molecule has 0 aliphatic carbocycles. The maximum Gasteiger partial charge on any atom is 0.137 e. The van der Waals surface area contributed by atoms with Crippen molar-refractivity contribution < 1.29 is 13.2 Å². The Bertz CT molecular complexity index is 599. The van der Waals surface area contributed by atoms with Crippen LogP contribution in [0.1, 0.15) is 17.2 Å². The molecule has 2 aromatic rings. The Hall–Kier alpha value is -1.33. The number of nitrogens with one attached hydrogen (secondary N) is 1. The minimum atomic E-state index is -0.638. The van der Waals surface area contributed by atoms with Crippen LogP contribution < -0.4 is 5.32 Å². The minimum Gasteiger partial charge on any atom is -0.309 e. The monoisotopic (exact) mass is 329 g/mol. The molecule has 0 amide bonds. The number of hydrogen-bond donors (Lipinski definition) is 1. The molecule has 19 heavy (non-hydrogen) atoms. The van der Waals surface area contributed by atoms with Gasteiger partial charge in [-0.25, -0.2) is 13.2 Å². The molecule has 2 aromatic carbocycles. The first-order chi connectivity index (χ1) is 9.04. The molecule has 5 heteroatoms. The summed E-state index contributed by atoms with van der Waals surface area (Å²) in [5.74, 6) is -1.53. The molecule has 0 bridgehead atoms. The first kappa shape index (κ1) is 14.1. The van der Waals surface area contributed by atoms with Gasteiger partial charge >= 0.3 is 0 Å². The third-order valence-corrected chi connectivity index (χ3v) is 3.69. The third-order valence-electron chi connectivity index (χ3n) is 2.85. The summed E-state index contributed by atoms with van der Waals surface area (Å²) in [4.78, 5) is 0. The molecular weight excluding hydrogens is 319 g/mol. The van der Waals surface area contributed by atoms with Gasteiger partial charge in [0.15, 0.2) is 0 Å². The van der Waals surface area contributed by atoms with E-state index in [1.165, 1.54) is 12.1 Å². The second kappa shape index (κ2) is 5.75. The Balaban J connectivity index is 2.56. The molecule has 0 spiro atoms. The predicted octanol–water partition coefficient (Wildman–Crippen LogP) is 4.18. The van der Waals surface area contributed by atoms with Gasteiger partial charge in [-0.05, 0) is 52.8 Å². The molecule has 0 radical (unpaired) electrons. The topological polar surface area (TPSA) is 12.0 Å². The number of hydrogen-bond acceptors (Lipinski definition) is 1. The van der Waals surface area contributed by atoms with Crippen LogP contribution in [0.2, 0.25) is 0 Å². The highest BCUT2D eigenvalue weighted by atomic mass is 79.9. The predicted molar refractivity (Wildman–Crippen MR) is 71.4 cm³/mol. The second-order valence-electron chi connectivity index (χ2n) is 4.03. The lowest BCUT2D eigenvalue weighted by Gasteiger charge is -2.19. The van der Waals surface area contributed by atoms with Crippen LogP contribution >= 0.6 is 15.9 Å². The van der Waals surface area contributed by atoms with E-state index in [4.69, 9.17) is 0 Å². The molecule has 2 rings (SSSR count). The molecule has 1 unspecified atom stereocenters. The van der Waals surface area contributed by atoms with E-state index in [-0.39, 0.29) is 10.0 Å². The van der Waals surface area contributed by atoms with Crippen LogP contribution in [0.25, 0.3) is 0 Å². The Morgan fingerprint density at radius 2 is 1.74 bits per heavy atom. The smallest absolute Gasteiger partial charge is 0.137 e. The van der Waals surface area contributed by atoms with E-state index in [0.717, 1.165) is 18.2 Å². The van der Waals surface area contributed by atoms with Crippen molar-refractivity contribution in [3.8, 4) is 0 Å². The van der Waals surface area contributed by atoms with Gasteiger partial charge in [0.05, 0.1) is 10.5 Å². The summed E-state index contributed by atoms with van der Waals surface area (Å²) in [5, 5.41) is 2.87.